The molecule has 0 bridgehead atoms. The summed E-state index contributed by atoms with van der Waals surface area (Å²) >= 11 is 9.17. The monoisotopic (exact) mass is 424 g/mol. The zero-order valence-corrected chi connectivity index (χ0v) is 15.8. The van der Waals surface area contributed by atoms with Gasteiger partial charge in [0.05, 0.1) is 6.54 Å². The van der Waals surface area contributed by atoms with Crippen LogP contribution in [-0.2, 0) is 4.79 Å². The van der Waals surface area contributed by atoms with Crippen LogP contribution in [0.3, 0.4) is 0 Å². The molecule has 0 radical (unpaired) electrons. The summed E-state index contributed by atoms with van der Waals surface area (Å²) in [6.45, 7) is 0.999. The van der Waals surface area contributed by atoms with E-state index in [1.165, 1.54) is 0 Å². The molecule has 0 aromatic heterocycles. The molecule has 0 atom stereocenters. The highest BCUT2D eigenvalue weighted by Gasteiger charge is 2.06. The summed E-state index contributed by atoms with van der Waals surface area (Å²) < 4.78 is 6.38. The van der Waals surface area contributed by atoms with Crippen LogP contribution in [0.25, 0.3) is 0 Å². The number of rotatable bonds is 8. The van der Waals surface area contributed by atoms with Crippen LogP contribution in [0.4, 0.5) is 0 Å². The van der Waals surface area contributed by atoms with E-state index < -0.39 is 0 Å². The Morgan fingerprint density at radius 2 is 1.80 bits per heavy atom. The lowest BCUT2D eigenvalue weighted by atomic mass is 10.2. The summed E-state index contributed by atoms with van der Waals surface area (Å²) in [5, 5.41) is 6.04. The van der Waals surface area contributed by atoms with Crippen LogP contribution in [0.1, 0.15) is 16.8 Å². The lowest BCUT2D eigenvalue weighted by Gasteiger charge is -2.09. The van der Waals surface area contributed by atoms with Crippen molar-refractivity contribution in [1.29, 1.82) is 0 Å². The van der Waals surface area contributed by atoms with Gasteiger partial charge in [0.15, 0.2) is 0 Å². The average Bonchev–Trinajstić information content (AvgIpc) is 2.59. The highest BCUT2D eigenvalue weighted by Crippen LogP contribution is 2.16. The third-order valence-corrected chi connectivity index (χ3v) is 4.00. The maximum absolute atomic E-state index is 11.9. The molecule has 0 aliphatic heterocycles. The van der Waals surface area contributed by atoms with Crippen LogP contribution in [0, 0.1) is 0 Å². The zero-order valence-electron chi connectivity index (χ0n) is 13.4. The molecule has 2 rings (SSSR count). The number of hydrogen-bond acceptors (Lipinski definition) is 3. The maximum atomic E-state index is 11.9. The van der Waals surface area contributed by atoms with Crippen LogP contribution in [0.15, 0.2) is 53.0 Å². The van der Waals surface area contributed by atoms with Crippen LogP contribution in [-0.4, -0.2) is 31.5 Å². The van der Waals surface area contributed by atoms with Crippen molar-refractivity contribution < 1.29 is 14.3 Å². The smallest absolute Gasteiger partial charge is 0.251 e. The van der Waals surface area contributed by atoms with E-state index in [0.29, 0.717) is 29.5 Å². The second-order valence-corrected chi connectivity index (χ2v) is 6.52. The number of benzene rings is 2. The molecule has 7 heteroatoms. The summed E-state index contributed by atoms with van der Waals surface area (Å²) in [4.78, 5) is 23.6. The zero-order chi connectivity index (χ0) is 18.1. The van der Waals surface area contributed by atoms with Crippen LogP contribution in [0.5, 0.6) is 5.75 Å². The molecule has 2 aromatic rings. The minimum Gasteiger partial charge on any atom is -0.492 e. The number of nitrogens with one attached hydrogen (secondary N) is 2. The molecular weight excluding hydrogens is 408 g/mol. The molecule has 2 N–H and O–H groups in total. The largest absolute Gasteiger partial charge is 0.492 e. The second kappa shape index (κ2) is 10.1. The number of hydrogen-bond donors (Lipinski definition) is 2. The molecular formula is C18H18BrClN2O3. The third-order valence-electron chi connectivity index (χ3n) is 3.23. The van der Waals surface area contributed by atoms with Gasteiger partial charge < -0.3 is 15.4 Å². The first-order chi connectivity index (χ1) is 12.0. The standard InChI is InChI=1S/C18H18BrClN2O3/c19-14-6-4-13(5-7-14)18(24)22-9-8-17(23)21-10-11-25-16-3-1-2-15(20)12-16/h1-7,12H,8-11H2,(H,21,23)(H,22,24). The van der Waals surface area contributed by atoms with Crippen molar-refractivity contribution in [3.05, 3.63) is 63.6 Å². The third kappa shape index (κ3) is 7.15. The Morgan fingerprint density at radius 3 is 2.52 bits per heavy atom. The molecule has 2 aromatic carbocycles. The fraction of sp³-hybridized carbons (Fsp3) is 0.222. The fourth-order valence-corrected chi connectivity index (χ4v) is 2.44. The number of ether oxygens (including phenoxy) is 1. The van der Waals surface area contributed by atoms with Crippen molar-refractivity contribution >= 4 is 39.3 Å². The number of halogens is 2. The van der Waals surface area contributed by atoms with Gasteiger partial charge in [-0.3, -0.25) is 9.59 Å². The predicted octanol–water partition coefficient (Wildman–Crippen LogP) is 3.42. The van der Waals surface area contributed by atoms with Crippen LogP contribution >= 0.6 is 27.5 Å². The quantitative estimate of drug-likeness (QED) is 0.637. The summed E-state index contributed by atoms with van der Waals surface area (Å²) in [6, 6.07) is 14.1. The predicted molar refractivity (Wildman–Crippen MR) is 101 cm³/mol. The SMILES string of the molecule is O=C(CCNC(=O)c1ccc(Br)cc1)NCCOc1cccc(Cl)c1. The molecule has 0 spiro atoms. The Kier molecular flexibility index (Phi) is 7.76. The van der Waals surface area contributed by atoms with E-state index in [0.717, 1.165) is 4.47 Å². The van der Waals surface area contributed by atoms with Gasteiger partial charge >= 0.3 is 0 Å². The van der Waals surface area contributed by atoms with Crippen LogP contribution < -0.4 is 15.4 Å². The minimum absolute atomic E-state index is 0.147. The summed E-state index contributed by atoms with van der Waals surface area (Å²) in [5.41, 5.74) is 0.554. The van der Waals surface area contributed by atoms with Crippen LogP contribution in [0.2, 0.25) is 5.02 Å². The Balaban J connectivity index is 1.59. The van der Waals surface area contributed by atoms with Gasteiger partial charge in [0.1, 0.15) is 12.4 Å². The molecule has 0 aliphatic rings. The first-order valence-electron chi connectivity index (χ1n) is 7.73. The van der Waals surface area contributed by atoms with Gasteiger partial charge in [-0.15, -0.1) is 0 Å². The van der Waals surface area contributed by atoms with E-state index in [4.69, 9.17) is 16.3 Å². The van der Waals surface area contributed by atoms with Crippen molar-refractivity contribution in [3.8, 4) is 5.75 Å². The van der Waals surface area contributed by atoms with E-state index >= 15 is 0 Å². The first-order valence-corrected chi connectivity index (χ1v) is 8.90. The number of amides is 2. The van der Waals surface area contributed by atoms with E-state index in [-0.39, 0.29) is 24.8 Å². The van der Waals surface area contributed by atoms with Gasteiger partial charge in [-0.25, -0.2) is 0 Å². The van der Waals surface area contributed by atoms with Crippen molar-refractivity contribution in [1.82, 2.24) is 10.6 Å². The molecule has 25 heavy (non-hydrogen) atoms. The molecule has 0 fully saturated rings. The maximum Gasteiger partial charge on any atom is 0.251 e. The Labute approximate surface area is 159 Å². The van der Waals surface area contributed by atoms with E-state index in [2.05, 4.69) is 26.6 Å². The van der Waals surface area contributed by atoms with E-state index in [1.54, 1.807) is 48.5 Å². The lowest BCUT2D eigenvalue weighted by Crippen LogP contribution is -2.32. The fourth-order valence-electron chi connectivity index (χ4n) is 2.00. The van der Waals surface area contributed by atoms with Gasteiger partial charge in [0, 0.05) is 28.0 Å². The van der Waals surface area contributed by atoms with Gasteiger partial charge in [-0.2, -0.15) is 0 Å². The molecule has 0 heterocycles. The molecule has 0 unspecified atom stereocenters. The molecule has 0 aliphatic carbocycles. The molecule has 0 saturated heterocycles. The van der Waals surface area contributed by atoms with E-state index in [1.807, 2.05) is 0 Å². The lowest BCUT2D eigenvalue weighted by molar-refractivity contribution is -0.121. The van der Waals surface area contributed by atoms with Crippen molar-refractivity contribution in [2.45, 2.75) is 6.42 Å². The highest BCUT2D eigenvalue weighted by molar-refractivity contribution is 9.10. The van der Waals surface area contributed by atoms with Gasteiger partial charge in [0.2, 0.25) is 5.91 Å². The Morgan fingerprint density at radius 1 is 1.04 bits per heavy atom. The number of carbonyl (C=O) groups is 2. The van der Waals surface area contributed by atoms with E-state index in [9.17, 15) is 9.59 Å². The summed E-state index contributed by atoms with van der Waals surface area (Å²) in [5.74, 6) is 0.305. The molecule has 0 saturated carbocycles. The van der Waals surface area contributed by atoms with Crippen molar-refractivity contribution in [2.24, 2.45) is 0 Å². The van der Waals surface area contributed by atoms with Crippen molar-refractivity contribution in [2.75, 3.05) is 19.7 Å². The molecule has 5 nitrogen and oxygen atoms in total. The summed E-state index contributed by atoms with van der Waals surface area (Å²) in [6.07, 6.45) is 0.208. The van der Waals surface area contributed by atoms with Crippen molar-refractivity contribution in [3.63, 3.8) is 0 Å². The molecule has 2 amide bonds. The normalized spacial score (nSPS) is 10.2. The topological polar surface area (TPSA) is 67.4 Å². The number of carbonyl (C=O) groups excluding carboxylic acids is 2. The van der Waals surface area contributed by atoms with Gasteiger partial charge in [0.25, 0.3) is 5.91 Å². The Hall–Kier alpha value is -2.05. The highest BCUT2D eigenvalue weighted by atomic mass is 79.9. The van der Waals surface area contributed by atoms with Gasteiger partial charge in [-0.05, 0) is 42.5 Å². The summed E-state index contributed by atoms with van der Waals surface area (Å²) in [7, 11) is 0. The van der Waals surface area contributed by atoms with Gasteiger partial charge in [-0.1, -0.05) is 33.6 Å². The average molecular weight is 426 g/mol. The Bertz CT molecular complexity index is 723. The molecule has 132 valence electrons. The second-order valence-electron chi connectivity index (χ2n) is 5.17. The first kappa shape index (κ1) is 19.3. The minimum atomic E-state index is -0.204.